The first kappa shape index (κ1) is 17.8. The third kappa shape index (κ3) is 4.99. The number of hydrogen-bond acceptors (Lipinski definition) is 3. The lowest BCUT2D eigenvalue weighted by Crippen LogP contribution is -2.45. The lowest BCUT2D eigenvalue weighted by molar-refractivity contribution is 0.238. The van der Waals surface area contributed by atoms with Gasteiger partial charge in [0.05, 0.1) is 12.6 Å². The van der Waals surface area contributed by atoms with E-state index in [2.05, 4.69) is 61.3 Å². The van der Waals surface area contributed by atoms with Gasteiger partial charge in [0.1, 0.15) is 0 Å². The van der Waals surface area contributed by atoms with Gasteiger partial charge >= 0.3 is 0 Å². The van der Waals surface area contributed by atoms with Gasteiger partial charge in [-0.2, -0.15) is 0 Å². The number of guanidine groups is 1. The largest absolute Gasteiger partial charge is 0.337 e. The van der Waals surface area contributed by atoms with Gasteiger partial charge in [-0.3, -0.25) is 4.99 Å². The van der Waals surface area contributed by atoms with E-state index in [0.717, 1.165) is 36.2 Å². The second-order valence-corrected chi connectivity index (χ2v) is 8.26. The van der Waals surface area contributed by atoms with Crippen molar-refractivity contribution < 1.29 is 0 Å². The molecule has 0 saturated heterocycles. The van der Waals surface area contributed by atoms with Crippen LogP contribution in [0.2, 0.25) is 5.02 Å². The zero-order chi connectivity index (χ0) is 17.9. The van der Waals surface area contributed by atoms with Crippen LogP contribution in [-0.2, 0) is 6.42 Å². The van der Waals surface area contributed by atoms with Crippen molar-refractivity contribution in [2.24, 2.45) is 10.4 Å². The Morgan fingerprint density at radius 1 is 1.08 bits per heavy atom. The molecule has 132 valence electrons. The maximum Gasteiger partial charge on any atom is 0.198 e. The molecule has 1 heterocycles. The van der Waals surface area contributed by atoms with Crippen molar-refractivity contribution >= 4 is 23.2 Å². The van der Waals surface area contributed by atoms with Gasteiger partial charge in [0.15, 0.2) is 5.96 Å². The topological polar surface area (TPSA) is 27.6 Å². The van der Waals surface area contributed by atoms with Crippen molar-refractivity contribution in [2.45, 2.75) is 33.2 Å². The predicted octanol–water partition coefficient (Wildman–Crippen LogP) is 5.08. The number of hydrogen-bond donors (Lipinski definition) is 1. The molecule has 0 saturated carbocycles. The molecular weight excluding hydrogens is 330 g/mol. The van der Waals surface area contributed by atoms with E-state index in [0.29, 0.717) is 6.04 Å². The number of benzene rings is 2. The van der Waals surface area contributed by atoms with Crippen molar-refractivity contribution in [3.63, 3.8) is 0 Å². The highest BCUT2D eigenvalue weighted by atomic mass is 35.5. The summed E-state index contributed by atoms with van der Waals surface area (Å²) in [5.41, 5.74) is 2.57. The highest BCUT2D eigenvalue weighted by molar-refractivity contribution is 6.30. The van der Waals surface area contributed by atoms with Crippen LogP contribution in [0.15, 0.2) is 59.6 Å². The first-order valence-electron chi connectivity index (χ1n) is 8.78. The molecule has 2 aromatic carbocycles. The number of halogens is 1. The van der Waals surface area contributed by atoms with Gasteiger partial charge in [-0.05, 0) is 41.7 Å². The number of aliphatic imine (C=N–C) groups is 1. The fraction of sp³-hybridized carbons (Fsp3) is 0.381. The van der Waals surface area contributed by atoms with Gasteiger partial charge < -0.3 is 10.2 Å². The maximum atomic E-state index is 5.99. The Labute approximate surface area is 155 Å². The predicted molar refractivity (Wildman–Crippen MR) is 107 cm³/mol. The van der Waals surface area contributed by atoms with Crippen LogP contribution < -0.4 is 5.32 Å². The smallest absolute Gasteiger partial charge is 0.198 e. The molecule has 25 heavy (non-hydrogen) atoms. The Bertz CT molecular complexity index is 717. The molecule has 3 nitrogen and oxygen atoms in total. The number of nitrogens with one attached hydrogen (secondary N) is 1. The second-order valence-electron chi connectivity index (χ2n) is 7.83. The SMILES string of the molecule is CC(C)(C)CN1C(Nc2ccc(Cl)cc2)=NC[C@@H]1Cc1ccccc1. The van der Waals surface area contributed by atoms with Gasteiger partial charge in [-0.15, -0.1) is 0 Å². The number of rotatable bonds is 4. The Balaban J connectivity index is 1.76. The highest BCUT2D eigenvalue weighted by Crippen LogP contribution is 2.24. The Hall–Kier alpha value is -2.00. The molecule has 0 aliphatic carbocycles. The summed E-state index contributed by atoms with van der Waals surface area (Å²) in [4.78, 5) is 7.21. The van der Waals surface area contributed by atoms with E-state index in [-0.39, 0.29) is 5.41 Å². The molecule has 0 unspecified atom stereocenters. The Morgan fingerprint density at radius 2 is 1.76 bits per heavy atom. The van der Waals surface area contributed by atoms with E-state index in [9.17, 15) is 0 Å². The van der Waals surface area contributed by atoms with Crippen molar-refractivity contribution in [3.05, 3.63) is 65.2 Å². The maximum absolute atomic E-state index is 5.99. The van der Waals surface area contributed by atoms with Crippen LogP contribution in [0, 0.1) is 5.41 Å². The minimum atomic E-state index is 0.196. The molecular formula is C21H26ClN3. The lowest BCUT2D eigenvalue weighted by atomic mass is 9.94. The van der Waals surface area contributed by atoms with E-state index in [4.69, 9.17) is 16.6 Å². The van der Waals surface area contributed by atoms with Crippen LogP contribution in [0.1, 0.15) is 26.3 Å². The van der Waals surface area contributed by atoms with Crippen LogP contribution in [0.3, 0.4) is 0 Å². The average molecular weight is 356 g/mol. The minimum Gasteiger partial charge on any atom is -0.337 e. The van der Waals surface area contributed by atoms with E-state index in [1.165, 1.54) is 5.56 Å². The molecule has 0 bridgehead atoms. The molecule has 0 amide bonds. The monoisotopic (exact) mass is 355 g/mol. The molecule has 1 aliphatic heterocycles. The molecule has 0 radical (unpaired) electrons. The molecule has 3 rings (SSSR count). The summed E-state index contributed by atoms with van der Waals surface area (Å²) >= 11 is 5.99. The van der Waals surface area contributed by atoms with Crippen LogP contribution in [-0.4, -0.2) is 30.0 Å². The van der Waals surface area contributed by atoms with Crippen LogP contribution >= 0.6 is 11.6 Å². The fourth-order valence-electron chi connectivity index (χ4n) is 3.10. The summed E-state index contributed by atoms with van der Waals surface area (Å²) in [5.74, 6) is 0.957. The van der Waals surface area contributed by atoms with Crippen molar-refractivity contribution in [1.82, 2.24) is 4.90 Å². The zero-order valence-electron chi connectivity index (χ0n) is 15.2. The van der Waals surface area contributed by atoms with E-state index in [1.54, 1.807) is 0 Å². The third-order valence-electron chi connectivity index (χ3n) is 4.22. The Morgan fingerprint density at radius 3 is 2.40 bits per heavy atom. The number of anilines is 1. The molecule has 0 fully saturated rings. The Kier molecular flexibility index (Phi) is 5.33. The van der Waals surface area contributed by atoms with Gasteiger partial charge in [0, 0.05) is 17.3 Å². The van der Waals surface area contributed by atoms with Crippen LogP contribution in [0.5, 0.6) is 0 Å². The summed E-state index contributed by atoms with van der Waals surface area (Å²) in [5, 5.41) is 4.22. The summed E-state index contributed by atoms with van der Waals surface area (Å²) in [6.45, 7) is 8.59. The third-order valence-corrected chi connectivity index (χ3v) is 4.48. The van der Waals surface area contributed by atoms with E-state index in [1.807, 2.05) is 24.3 Å². The van der Waals surface area contributed by atoms with E-state index < -0.39 is 0 Å². The summed E-state index contributed by atoms with van der Waals surface area (Å²) in [6, 6.07) is 18.8. The first-order valence-corrected chi connectivity index (χ1v) is 9.16. The van der Waals surface area contributed by atoms with Crippen molar-refractivity contribution in [3.8, 4) is 0 Å². The standard InChI is InChI=1S/C21H26ClN3/c1-21(2,3)15-25-19(13-16-7-5-4-6-8-16)14-23-20(25)24-18-11-9-17(22)10-12-18/h4-12,19H,13-15H2,1-3H3,(H,23,24)/t19-/m0/s1. The zero-order valence-corrected chi connectivity index (χ0v) is 15.9. The molecule has 2 aromatic rings. The van der Waals surface area contributed by atoms with Gasteiger partial charge in [0.2, 0.25) is 0 Å². The average Bonchev–Trinajstić information content (AvgIpc) is 2.91. The summed E-state index contributed by atoms with van der Waals surface area (Å²) in [7, 11) is 0. The van der Waals surface area contributed by atoms with E-state index >= 15 is 0 Å². The minimum absolute atomic E-state index is 0.196. The second kappa shape index (κ2) is 7.49. The molecule has 0 spiro atoms. The van der Waals surface area contributed by atoms with Gasteiger partial charge in [-0.25, -0.2) is 0 Å². The van der Waals surface area contributed by atoms with Crippen molar-refractivity contribution in [2.75, 3.05) is 18.4 Å². The molecule has 4 heteroatoms. The van der Waals surface area contributed by atoms with Crippen molar-refractivity contribution in [1.29, 1.82) is 0 Å². The molecule has 1 atom stereocenters. The fourth-order valence-corrected chi connectivity index (χ4v) is 3.23. The molecule has 1 N–H and O–H groups in total. The lowest BCUT2D eigenvalue weighted by Gasteiger charge is -2.34. The number of nitrogens with zero attached hydrogens (tertiary/aromatic N) is 2. The van der Waals surface area contributed by atoms with Gasteiger partial charge in [0.25, 0.3) is 0 Å². The van der Waals surface area contributed by atoms with Crippen LogP contribution in [0.25, 0.3) is 0 Å². The quantitative estimate of drug-likeness (QED) is 0.828. The molecule has 1 aliphatic rings. The molecule has 0 aromatic heterocycles. The first-order chi connectivity index (χ1) is 11.9. The summed E-state index contributed by atoms with van der Waals surface area (Å²) in [6.07, 6.45) is 1.01. The van der Waals surface area contributed by atoms with Crippen LogP contribution in [0.4, 0.5) is 5.69 Å². The normalized spacial score (nSPS) is 17.5. The van der Waals surface area contributed by atoms with Gasteiger partial charge in [-0.1, -0.05) is 62.7 Å². The summed E-state index contributed by atoms with van der Waals surface area (Å²) < 4.78 is 0. The highest BCUT2D eigenvalue weighted by Gasteiger charge is 2.31.